The zero-order valence-corrected chi connectivity index (χ0v) is 19.8. The highest BCUT2D eigenvalue weighted by Gasteiger charge is 2.23. The predicted molar refractivity (Wildman–Crippen MR) is 125 cm³/mol. The number of carbonyl (C=O) groups is 1. The SMILES string of the molecule is C=C(C)C(=O)OCCN(CCOC(C)(C)CCOC(C)(C)CCO)c1ccc(N)cc1. The molecule has 0 aliphatic heterocycles. The summed E-state index contributed by atoms with van der Waals surface area (Å²) in [5.74, 6) is -0.390. The zero-order valence-electron chi connectivity index (χ0n) is 19.8. The number of anilines is 2. The molecule has 0 heterocycles. The number of nitrogens with two attached hydrogens (primary N) is 1. The quantitative estimate of drug-likeness (QED) is 0.247. The molecule has 0 bridgehead atoms. The van der Waals surface area contributed by atoms with E-state index in [0.29, 0.717) is 44.0 Å². The number of benzene rings is 1. The van der Waals surface area contributed by atoms with E-state index in [0.717, 1.165) is 12.1 Å². The fraction of sp³-hybridized carbons (Fsp3) is 0.625. The molecule has 31 heavy (non-hydrogen) atoms. The Balaban J connectivity index is 2.57. The van der Waals surface area contributed by atoms with E-state index in [1.807, 2.05) is 52.0 Å². The van der Waals surface area contributed by atoms with Crippen LogP contribution < -0.4 is 10.6 Å². The maximum Gasteiger partial charge on any atom is 0.333 e. The van der Waals surface area contributed by atoms with Crippen molar-refractivity contribution < 1.29 is 24.1 Å². The second-order valence-electron chi connectivity index (χ2n) is 8.93. The average molecular weight is 437 g/mol. The monoisotopic (exact) mass is 436 g/mol. The van der Waals surface area contributed by atoms with Crippen molar-refractivity contribution in [2.75, 3.05) is 50.2 Å². The van der Waals surface area contributed by atoms with Gasteiger partial charge in [-0.3, -0.25) is 0 Å². The van der Waals surface area contributed by atoms with Crippen molar-refractivity contribution in [3.05, 3.63) is 36.4 Å². The van der Waals surface area contributed by atoms with Gasteiger partial charge in [-0.15, -0.1) is 0 Å². The van der Waals surface area contributed by atoms with E-state index in [4.69, 9.17) is 25.1 Å². The Labute approximate surface area is 187 Å². The molecule has 0 fully saturated rings. The van der Waals surface area contributed by atoms with Crippen LogP contribution in [-0.4, -0.2) is 61.8 Å². The number of hydrogen-bond donors (Lipinski definition) is 2. The van der Waals surface area contributed by atoms with Gasteiger partial charge in [0.1, 0.15) is 6.61 Å². The van der Waals surface area contributed by atoms with Crippen LogP contribution in [0.25, 0.3) is 0 Å². The molecule has 0 saturated carbocycles. The van der Waals surface area contributed by atoms with Crippen molar-refractivity contribution in [3.8, 4) is 0 Å². The van der Waals surface area contributed by atoms with Gasteiger partial charge >= 0.3 is 5.97 Å². The minimum atomic E-state index is -0.390. The lowest BCUT2D eigenvalue weighted by Crippen LogP contribution is -2.36. The third kappa shape index (κ3) is 11.2. The number of carbonyl (C=O) groups excluding carboxylic acids is 1. The maximum absolute atomic E-state index is 11.7. The van der Waals surface area contributed by atoms with E-state index in [1.54, 1.807) is 6.92 Å². The highest BCUT2D eigenvalue weighted by Crippen LogP contribution is 2.20. The summed E-state index contributed by atoms with van der Waals surface area (Å²) < 4.78 is 17.3. The molecule has 0 aromatic heterocycles. The number of nitrogens with zero attached hydrogens (tertiary/aromatic N) is 1. The van der Waals surface area contributed by atoms with Crippen molar-refractivity contribution in [3.63, 3.8) is 0 Å². The minimum Gasteiger partial charge on any atom is -0.460 e. The number of nitrogen functional groups attached to an aromatic ring is 1. The van der Waals surface area contributed by atoms with Crippen molar-refractivity contribution in [2.45, 2.75) is 58.7 Å². The molecule has 0 atom stereocenters. The lowest BCUT2D eigenvalue weighted by molar-refractivity contribution is -0.138. The first kappa shape index (κ1) is 26.9. The summed E-state index contributed by atoms with van der Waals surface area (Å²) in [6.07, 6.45) is 1.33. The van der Waals surface area contributed by atoms with Crippen LogP contribution in [0.15, 0.2) is 36.4 Å². The topological polar surface area (TPSA) is 94.2 Å². The summed E-state index contributed by atoms with van der Waals surface area (Å²) in [5.41, 5.74) is 7.16. The van der Waals surface area contributed by atoms with Crippen LogP contribution in [0, 0.1) is 0 Å². The molecule has 0 spiro atoms. The number of ether oxygens (including phenoxy) is 3. The summed E-state index contributed by atoms with van der Waals surface area (Å²) in [6, 6.07) is 7.58. The van der Waals surface area contributed by atoms with Crippen molar-refractivity contribution in [1.29, 1.82) is 0 Å². The number of hydrogen-bond acceptors (Lipinski definition) is 7. The van der Waals surface area contributed by atoms with Gasteiger partial charge in [0.25, 0.3) is 0 Å². The summed E-state index contributed by atoms with van der Waals surface area (Å²) in [7, 11) is 0. The highest BCUT2D eigenvalue weighted by molar-refractivity contribution is 5.86. The molecule has 0 aliphatic carbocycles. The zero-order chi connectivity index (χ0) is 23.5. The Kier molecular flexibility index (Phi) is 11.0. The fourth-order valence-electron chi connectivity index (χ4n) is 2.85. The van der Waals surface area contributed by atoms with Gasteiger partial charge < -0.3 is 30.0 Å². The first-order valence-corrected chi connectivity index (χ1v) is 10.8. The standard InChI is InChI=1S/C24H40N2O5/c1-19(2)22(28)29-17-13-26(21-9-7-20(25)8-10-21)14-18-31-24(5,6)12-16-30-23(3,4)11-15-27/h7-10,27H,1,11-18,25H2,2-6H3. The van der Waals surface area contributed by atoms with Gasteiger partial charge in [0.15, 0.2) is 0 Å². The lowest BCUT2D eigenvalue weighted by Gasteiger charge is -2.31. The molecular formula is C24H40N2O5. The summed E-state index contributed by atoms with van der Waals surface area (Å²) in [5, 5.41) is 9.11. The molecule has 3 N–H and O–H groups in total. The molecule has 1 aromatic carbocycles. The van der Waals surface area contributed by atoms with E-state index >= 15 is 0 Å². The molecule has 0 saturated heterocycles. The molecule has 0 aliphatic rings. The van der Waals surface area contributed by atoms with Crippen molar-refractivity contribution in [1.82, 2.24) is 0 Å². The molecule has 1 aromatic rings. The van der Waals surface area contributed by atoms with Gasteiger partial charge in [-0.2, -0.15) is 0 Å². The Hall–Kier alpha value is -2.09. The first-order chi connectivity index (χ1) is 14.5. The second kappa shape index (κ2) is 12.7. The number of aliphatic hydroxyl groups excluding tert-OH is 1. The smallest absolute Gasteiger partial charge is 0.333 e. The van der Waals surface area contributed by atoms with Crippen LogP contribution in [0.3, 0.4) is 0 Å². The van der Waals surface area contributed by atoms with Crippen LogP contribution >= 0.6 is 0 Å². The van der Waals surface area contributed by atoms with Crippen LogP contribution in [0.5, 0.6) is 0 Å². The molecular weight excluding hydrogens is 396 g/mol. The average Bonchev–Trinajstić information content (AvgIpc) is 2.66. The predicted octanol–water partition coefficient (Wildman–Crippen LogP) is 3.56. The van der Waals surface area contributed by atoms with Gasteiger partial charge in [0.05, 0.1) is 31.0 Å². The molecule has 7 nitrogen and oxygen atoms in total. The van der Waals surface area contributed by atoms with Gasteiger partial charge in [0, 0.05) is 30.1 Å². The summed E-state index contributed by atoms with van der Waals surface area (Å²) >= 11 is 0. The van der Waals surface area contributed by atoms with Crippen LogP contribution in [0.2, 0.25) is 0 Å². The van der Waals surface area contributed by atoms with Crippen LogP contribution in [-0.2, 0) is 19.0 Å². The molecule has 176 valence electrons. The van der Waals surface area contributed by atoms with E-state index in [1.165, 1.54) is 0 Å². The van der Waals surface area contributed by atoms with Gasteiger partial charge in [-0.25, -0.2) is 4.79 Å². The molecule has 1 rings (SSSR count). The number of rotatable bonds is 15. The molecule has 7 heteroatoms. The molecule has 0 unspecified atom stereocenters. The van der Waals surface area contributed by atoms with Gasteiger partial charge in [0.2, 0.25) is 0 Å². The lowest BCUT2D eigenvalue weighted by atomic mass is 10.0. The minimum absolute atomic E-state index is 0.107. The van der Waals surface area contributed by atoms with Gasteiger partial charge in [-0.05, 0) is 71.7 Å². The third-order valence-electron chi connectivity index (χ3n) is 4.97. The van der Waals surface area contributed by atoms with E-state index in [2.05, 4.69) is 11.5 Å². The first-order valence-electron chi connectivity index (χ1n) is 10.8. The van der Waals surface area contributed by atoms with Crippen LogP contribution in [0.1, 0.15) is 47.5 Å². The molecule has 0 amide bonds. The van der Waals surface area contributed by atoms with Crippen molar-refractivity contribution >= 4 is 17.3 Å². The fourth-order valence-corrected chi connectivity index (χ4v) is 2.85. The van der Waals surface area contributed by atoms with Crippen LogP contribution in [0.4, 0.5) is 11.4 Å². The maximum atomic E-state index is 11.7. The summed E-state index contributed by atoms with van der Waals surface area (Å²) in [6.45, 7) is 15.8. The molecule has 0 radical (unpaired) electrons. The Morgan fingerprint density at radius 1 is 1.00 bits per heavy atom. The second-order valence-corrected chi connectivity index (χ2v) is 8.93. The number of aliphatic hydroxyl groups is 1. The van der Waals surface area contributed by atoms with E-state index in [-0.39, 0.29) is 24.4 Å². The Bertz CT molecular complexity index is 686. The van der Waals surface area contributed by atoms with Crippen molar-refractivity contribution in [2.24, 2.45) is 0 Å². The third-order valence-corrected chi connectivity index (χ3v) is 4.97. The Morgan fingerprint density at radius 3 is 2.13 bits per heavy atom. The highest BCUT2D eigenvalue weighted by atomic mass is 16.5. The summed E-state index contributed by atoms with van der Waals surface area (Å²) in [4.78, 5) is 13.8. The van der Waals surface area contributed by atoms with E-state index in [9.17, 15) is 4.79 Å². The largest absolute Gasteiger partial charge is 0.460 e. The Morgan fingerprint density at radius 2 is 1.55 bits per heavy atom. The van der Waals surface area contributed by atoms with E-state index < -0.39 is 5.97 Å². The van der Waals surface area contributed by atoms with Gasteiger partial charge in [-0.1, -0.05) is 6.58 Å². The normalized spacial score (nSPS) is 11.9. The number of esters is 1.